The zero-order valence-electron chi connectivity index (χ0n) is 11.0. The minimum absolute atomic E-state index is 0.245. The van der Waals surface area contributed by atoms with Gasteiger partial charge in [-0.05, 0) is 37.0 Å². The second-order valence-corrected chi connectivity index (χ2v) is 6.21. The summed E-state index contributed by atoms with van der Waals surface area (Å²) in [5, 5.41) is 0. The molecule has 0 saturated heterocycles. The predicted octanol–water partition coefficient (Wildman–Crippen LogP) is 4.06. The highest BCUT2D eigenvalue weighted by molar-refractivity contribution is 5.77. The maximum atomic E-state index is 11.3. The van der Waals surface area contributed by atoms with E-state index in [1.54, 1.807) is 6.92 Å². The van der Waals surface area contributed by atoms with Crippen LogP contribution in [0.15, 0.2) is 0 Å². The summed E-state index contributed by atoms with van der Waals surface area (Å²) in [5.74, 6) is 2.11. The Morgan fingerprint density at radius 2 is 2.07 bits per heavy atom. The van der Waals surface area contributed by atoms with E-state index in [1.807, 2.05) is 0 Å². The van der Waals surface area contributed by atoms with Crippen molar-refractivity contribution in [2.24, 2.45) is 23.2 Å². The minimum Gasteiger partial charge on any atom is -0.300 e. The summed E-state index contributed by atoms with van der Waals surface area (Å²) < 4.78 is 0. The van der Waals surface area contributed by atoms with Gasteiger partial charge < -0.3 is 0 Å². The van der Waals surface area contributed by atoms with E-state index < -0.39 is 0 Å². The molecule has 0 aliphatic heterocycles. The highest BCUT2D eigenvalue weighted by atomic mass is 16.1. The lowest BCUT2D eigenvalue weighted by molar-refractivity contribution is -0.121. The molecular weight excluding hydrogens is 184 g/mol. The average molecular weight is 210 g/mol. The summed E-state index contributed by atoms with van der Waals surface area (Å²) >= 11 is 0. The fourth-order valence-electron chi connectivity index (χ4n) is 3.13. The van der Waals surface area contributed by atoms with Crippen LogP contribution in [0.3, 0.4) is 0 Å². The summed E-state index contributed by atoms with van der Waals surface area (Å²) in [5.41, 5.74) is 0.432. The van der Waals surface area contributed by atoms with E-state index in [9.17, 15) is 4.79 Å². The van der Waals surface area contributed by atoms with Crippen LogP contribution < -0.4 is 0 Å². The van der Waals surface area contributed by atoms with Gasteiger partial charge in [0.2, 0.25) is 0 Å². The van der Waals surface area contributed by atoms with Gasteiger partial charge in [-0.3, -0.25) is 4.79 Å². The third kappa shape index (κ3) is 3.06. The Hall–Kier alpha value is -0.330. The third-order valence-corrected chi connectivity index (χ3v) is 4.47. The van der Waals surface area contributed by atoms with Gasteiger partial charge in [-0.2, -0.15) is 0 Å². The zero-order valence-corrected chi connectivity index (χ0v) is 11.0. The zero-order chi connectivity index (χ0) is 11.6. The molecule has 1 fully saturated rings. The van der Waals surface area contributed by atoms with Crippen LogP contribution in [-0.2, 0) is 4.79 Å². The van der Waals surface area contributed by atoms with Crippen LogP contribution in [0.5, 0.6) is 0 Å². The fraction of sp³-hybridized carbons (Fsp3) is 0.929. The highest BCUT2D eigenvalue weighted by Gasteiger charge is 2.37. The molecule has 0 spiro atoms. The van der Waals surface area contributed by atoms with Crippen molar-refractivity contribution in [3.8, 4) is 0 Å². The van der Waals surface area contributed by atoms with Crippen LogP contribution in [-0.4, -0.2) is 5.78 Å². The molecule has 0 bridgehead atoms. The van der Waals surface area contributed by atoms with E-state index in [-0.39, 0.29) is 5.92 Å². The minimum atomic E-state index is 0.245. The third-order valence-electron chi connectivity index (χ3n) is 4.47. The topological polar surface area (TPSA) is 17.1 Å². The Bertz CT molecular complexity index is 229. The molecule has 0 amide bonds. The SMILES string of the molecule is CC(=O)C(C)CC1C(C)CCCC1(C)C. The molecule has 0 N–H and O–H groups in total. The smallest absolute Gasteiger partial charge is 0.132 e. The molecule has 1 heteroatoms. The standard InChI is InChI=1S/C14H26O/c1-10-7-6-8-14(4,5)13(10)9-11(2)12(3)15/h10-11,13H,6-9H2,1-5H3. The van der Waals surface area contributed by atoms with E-state index in [1.165, 1.54) is 19.3 Å². The Morgan fingerprint density at radius 3 is 2.53 bits per heavy atom. The molecule has 88 valence electrons. The molecule has 1 aliphatic carbocycles. The molecule has 0 heterocycles. The Balaban J connectivity index is 2.67. The molecule has 15 heavy (non-hydrogen) atoms. The molecule has 0 aromatic heterocycles. The number of Topliss-reactive ketones (excluding diaryl/α,β-unsaturated/α-hetero) is 1. The van der Waals surface area contributed by atoms with Crippen LogP contribution >= 0.6 is 0 Å². The van der Waals surface area contributed by atoms with Crippen molar-refractivity contribution < 1.29 is 4.79 Å². The van der Waals surface area contributed by atoms with E-state index in [2.05, 4.69) is 27.7 Å². The molecule has 3 atom stereocenters. The van der Waals surface area contributed by atoms with E-state index in [0.29, 0.717) is 11.2 Å². The van der Waals surface area contributed by atoms with Crippen molar-refractivity contribution in [3.63, 3.8) is 0 Å². The van der Waals surface area contributed by atoms with Crippen molar-refractivity contribution in [2.45, 2.75) is 60.3 Å². The van der Waals surface area contributed by atoms with Crippen LogP contribution in [0.1, 0.15) is 60.3 Å². The van der Waals surface area contributed by atoms with Gasteiger partial charge in [-0.25, -0.2) is 0 Å². The molecule has 1 saturated carbocycles. The molecule has 1 nitrogen and oxygen atoms in total. The maximum absolute atomic E-state index is 11.3. The first-order chi connectivity index (χ1) is 6.84. The van der Waals surface area contributed by atoms with Crippen LogP contribution in [0.2, 0.25) is 0 Å². The molecular formula is C14H26O. The molecule has 0 aromatic carbocycles. The monoisotopic (exact) mass is 210 g/mol. The van der Waals surface area contributed by atoms with Crippen molar-refractivity contribution in [2.75, 3.05) is 0 Å². The lowest BCUT2D eigenvalue weighted by Gasteiger charge is -2.44. The molecule has 0 aromatic rings. The number of rotatable bonds is 3. The maximum Gasteiger partial charge on any atom is 0.132 e. The average Bonchev–Trinajstić information content (AvgIpc) is 2.10. The van der Waals surface area contributed by atoms with Gasteiger partial charge in [-0.15, -0.1) is 0 Å². The summed E-state index contributed by atoms with van der Waals surface area (Å²) in [7, 11) is 0. The molecule has 0 radical (unpaired) electrons. The van der Waals surface area contributed by atoms with Crippen LogP contribution in [0, 0.1) is 23.2 Å². The second kappa shape index (κ2) is 4.67. The first-order valence-electron chi connectivity index (χ1n) is 6.35. The van der Waals surface area contributed by atoms with Crippen LogP contribution in [0.4, 0.5) is 0 Å². The molecule has 1 rings (SSSR count). The lowest BCUT2D eigenvalue weighted by Crippen LogP contribution is -2.35. The number of hydrogen-bond acceptors (Lipinski definition) is 1. The quantitative estimate of drug-likeness (QED) is 0.686. The van der Waals surface area contributed by atoms with Gasteiger partial charge in [-0.1, -0.05) is 40.5 Å². The number of carbonyl (C=O) groups excluding carboxylic acids is 1. The summed E-state index contributed by atoms with van der Waals surface area (Å²) in [6.07, 6.45) is 5.12. The van der Waals surface area contributed by atoms with E-state index >= 15 is 0 Å². The van der Waals surface area contributed by atoms with Gasteiger partial charge in [0.25, 0.3) is 0 Å². The van der Waals surface area contributed by atoms with Gasteiger partial charge in [0.15, 0.2) is 0 Å². The summed E-state index contributed by atoms with van der Waals surface area (Å²) in [4.78, 5) is 11.3. The number of hydrogen-bond donors (Lipinski definition) is 0. The fourth-order valence-corrected chi connectivity index (χ4v) is 3.13. The first-order valence-corrected chi connectivity index (χ1v) is 6.35. The number of ketones is 1. The largest absolute Gasteiger partial charge is 0.300 e. The summed E-state index contributed by atoms with van der Waals surface area (Å²) in [6, 6.07) is 0. The van der Waals surface area contributed by atoms with Crippen molar-refractivity contribution >= 4 is 5.78 Å². The predicted molar refractivity (Wildman–Crippen MR) is 64.7 cm³/mol. The van der Waals surface area contributed by atoms with E-state index in [0.717, 1.165) is 18.3 Å². The first kappa shape index (κ1) is 12.7. The second-order valence-electron chi connectivity index (χ2n) is 6.21. The lowest BCUT2D eigenvalue weighted by atomic mass is 9.61. The van der Waals surface area contributed by atoms with Crippen molar-refractivity contribution in [1.82, 2.24) is 0 Å². The van der Waals surface area contributed by atoms with Gasteiger partial charge in [0.1, 0.15) is 5.78 Å². The Labute approximate surface area is 94.6 Å². The molecule has 1 aliphatic rings. The Morgan fingerprint density at radius 1 is 1.47 bits per heavy atom. The number of carbonyl (C=O) groups is 1. The van der Waals surface area contributed by atoms with Crippen molar-refractivity contribution in [3.05, 3.63) is 0 Å². The summed E-state index contributed by atoms with van der Waals surface area (Å²) in [6.45, 7) is 10.9. The Kier molecular flexibility index (Phi) is 3.97. The highest BCUT2D eigenvalue weighted by Crippen LogP contribution is 2.46. The molecule has 3 unspecified atom stereocenters. The van der Waals surface area contributed by atoms with Gasteiger partial charge in [0, 0.05) is 5.92 Å². The van der Waals surface area contributed by atoms with Gasteiger partial charge >= 0.3 is 0 Å². The normalized spacial score (nSPS) is 32.3. The van der Waals surface area contributed by atoms with Crippen molar-refractivity contribution in [1.29, 1.82) is 0 Å². The van der Waals surface area contributed by atoms with E-state index in [4.69, 9.17) is 0 Å². The van der Waals surface area contributed by atoms with Crippen LogP contribution in [0.25, 0.3) is 0 Å². The van der Waals surface area contributed by atoms with Gasteiger partial charge in [0.05, 0.1) is 0 Å².